The molecule has 1 aliphatic rings. The SMILES string of the molecule is CCC(NS(=O)(=O)c1ccc(F)cc1)C(=O)Nc1ccc2c(c1)OCC(=O)N2C. The van der Waals surface area contributed by atoms with Crippen molar-refractivity contribution >= 4 is 33.2 Å². The van der Waals surface area contributed by atoms with E-state index in [0.29, 0.717) is 17.1 Å². The minimum atomic E-state index is -4.00. The summed E-state index contributed by atoms with van der Waals surface area (Å²) in [6, 6.07) is 8.07. The van der Waals surface area contributed by atoms with Crippen molar-refractivity contribution in [3.8, 4) is 5.75 Å². The molecule has 0 fully saturated rings. The summed E-state index contributed by atoms with van der Waals surface area (Å²) in [5.41, 5.74) is 0.972. The lowest BCUT2D eigenvalue weighted by Gasteiger charge is -2.26. The number of ether oxygens (including phenoxy) is 1. The first-order valence-electron chi connectivity index (χ1n) is 8.83. The summed E-state index contributed by atoms with van der Waals surface area (Å²) in [4.78, 5) is 25.6. The number of fused-ring (bicyclic) bond motifs is 1. The first-order chi connectivity index (χ1) is 13.7. The summed E-state index contributed by atoms with van der Waals surface area (Å²) >= 11 is 0. The third kappa shape index (κ3) is 4.54. The Balaban J connectivity index is 1.73. The van der Waals surface area contributed by atoms with E-state index in [1.54, 1.807) is 32.2 Å². The van der Waals surface area contributed by atoms with Crippen molar-refractivity contribution in [3.63, 3.8) is 0 Å². The number of benzene rings is 2. The van der Waals surface area contributed by atoms with Crippen LogP contribution in [-0.2, 0) is 19.6 Å². The Bertz CT molecular complexity index is 1040. The van der Waals surface area contributed by atoms with Crippen molar-refractivity contribution in [2.45, 2.75) is 24.3 Å². The maximum atomic E-state index is 13.0. The van der Waals surface area contributed by atoms with Gasteiger partial charge in [0.2, 0.25) is 15.9 Å². The van der Waals surface area contributed by atoms with Crippen LogP contribution in [0.25, 0.3) is 0 Å². The van der Waals surface area contributed by atoms with Crippen molar-refractivity contribution in [2.24, 2.45) is 0 Å². The lowest BCUT2D eigenvalue weighted by atomic mass is 10.2. The first-order valence-corrected chi connectivity index (χ1v) is 10.3. The van der Waals surface area contributed by atoms with Gasteiger partial charge in [0.05, 0.1) is 10.6 Å². The van der Waals surface area contributed by atoms with Crippen LogP contribution in [0.2, 0.25) is 0 Å². The Kier molecular flexibility index (Phi) is 5.85. The number of nitrogens with zero attached hydrogens (tertiary/aromatic N) is 1. The summed E-state index contributed by atoms with van der Waals surface area (Å²) in [5, 5.41) is 2.64. The zero-order chi connectivity index (χ0) is 21.2. The molecule has 2 N–H and O–H groups in total. The van der Waals surface area contributed by atoms with Gasteiger partial charge in [-0.15, -0.1) is 0 Å². The Morgan fingerprint density at radius 1 is 1.24 bits per heavy atom. The number of likely N-dealkylation sites (N-methyl/N-ethyl adjacent to an activating group) is 1. The molecule has 154 valence electrons. The van der Waals surface area contributed by atoms with Gasteiger partial charge in [-0.05, 0) is 42.8 Å². The van der Waals surface area contributed by atoms with E-state index in [0.717, 1.165) is 24.3 Å². The molecule has 0 bridgehead atoms. The minimum Gasteiger partial charge on any atom is -0.481 e. The van der Waals surface area contributed by atoms with E-state index < -0.39 is 27.8 Å². The van der Waals surface area contributed by atoms with Gasteiger partial charge in [-0.2, -0.15) is 4.72 Å². The Labute approximate surface area is 167 Å². The van der Waals surface area contributed by atoms with Crippen LogP contribution in [0.15, 0.2) is 47.4 Å². The molecule has 0 spiro atoms. The third-order valence-corrected chi connectivity index (χ3v) is 5.95. The normalized spacial score (nSPS) is 14.7. The van der Waals surface area contributed by atoms with Crippen LogP contribution in [0, 0.1) is 5.82 Å². The topological polar surface area (TPSA) is 105 Å². The van der Waals surface area contributed by atoms with Gasteiger partial charge in [0, 0.05) is 18.8 Å². The number of hydrogen-bond donors (Lipinski definition) is 2. The third-order valence-electron chi connectivity index (χ3n) is 4.46. The maximum Gasteiger partial charge on any atom is 0.264 e. The molecule has 1 unspecified atom stereocenters. The molecule has 0 saturated carbocycles. The molecule has 10 heteroatoms. The highest BCUT2D eigenvalue weighted by Gasteiger charge is 2.26. The van der Waals surface area contributed by atoms with Gasteiger partial charge < -0.3 is 15.0 Å². The van der Waals surface area contributed by atoms with Gasteiger partial charge in [-0.1, -0.05) is 6.92 Å². The molecule has 1 heterocycles. The van der Waals surface area contributed by atoms with Crippen LogP contribution in [0.4, 0.5) is 15.8 Å². The number of carbonyl (C=O) groups excluding carboxylic acids is 2. The van der Waals surface area contributed by atoms with E-state index in [4.69, 9.17) is 4.74 Å². The molecule has 29 heavy (non-hydrogen) atoms. The summed E-state index contributed by atoms with van der Waals surface area (Å²) in [5.74, 6) is -0.866. The number of nitrogens with one attached hydrogen (secondary N) is 2. The van der Waals surface area contributed by atoms with Gasteiger partial charge in [0.15, 0.2) is 6.61 Å². The molecule has 2 amide bonds. The Morgan fingerprint density at radius 3 is 2.59 bits per heavy atom. The van der Waals surface area contributed by atoms with E-state index in [9.17, 15) is 22.4 Å². The fraction of sp³-hybridized carbons (Fsp3) is 0.263. The summed E-state index contributed by atoms with van der Waals surface area (Å²) in [6.07, 6.45) is 0.199. The monoisotopic (exact) mass is 421 g/mol. The molecule has 8 nitrogen and oxygen atoms in total. The molecular formula is C19H20FN3O5S. The fourth-order valence-electron chi connectivity index (χ4n) is 2.78. The fourth-order valence-corrected chi connectivity index (χ4v) is 4.05. The molecule has 1 aliphatic heterocycles. The van der Waals surface area contributed by atoms with E-state index in [-0.39, 0.29) is 23.8 Å². The van der Waals surface area contributed by atoms with Gasteiger partial charge in [-0.3, -0.25) is 9.59 Å². The number of carbonyl (C=O) groups is 2. The lowest BCUT2D eigenvalue weighted by molar-refractivity contribution is -0.121. The average molecular weight is 421 g/mol. The highest BCUT2D eigenvalue weighted by molar-refractivity contribution is 7.89. The van der Waals surface area contributed by atoms with Gasteiger partial charge in [0.25, 0.3) is 5.91 Å². The van der Waals surface area contributed by atoms with Crippen molar-refractivity contribution in [1.29, 1.82) is 0 Å². The van der Waals surface area contributed by atoms with E-state index in [1.165, 1.54) is 4.90 Å². The zero-order valence-corrected chi connectivity index (χ0v) is 16.6. The quantitative estimate of drug-likeness (QED) is 0.741. The molecule has 2 aromatic carbocycles. The predicted molar refractivity (Wildman–Crippen MR) is 105 cm³/mol. The zero-order valence-electron chi connectivity index (χ0n) is 15.8. The molecular weight excluding hydrogens is 401 g/mol. The lowest BCUT2D eigenvalue weighted by Crippen LogP contribution is -2.43. The summed E-state index contributed by atoms with van der Waals surface area (Å²) in [6.45, 7) is 1.56. The largest absolute Gasteiger partial charge is 0.481 e. The van der Waals surface area contributed by atoms with Crippen LogP contribution >= 0.6 is 0 Å². The summed E-state index contributed by atoms with van der Waals surface area (Å²) in [7, 11) is -2.38. The molecule has 0 saturated heterocycles. The molecule has 0 aromatic heterocycles. The van der Waals surface area contributed by atoms with E-state index in [1.807, 2.05) is 0 Å². The highest BCUT2D eigenvalue weighted by Crippen LogP contribution is 2.33. The number of halogens is 1. The minimum absolute atomic E-state index is 0.101. The van der Waals surface area contributed by atoms with E-state index >= 15 is 0 Å². The number of anilines is 2. The average Bonchev–Trinajstić information content (AvgIpc) is 2.69. The van der Waals surface area contributed by atoms with Gasteiger partial charge >= 0.3 is 0 Å². The predicted octanol–water partition coefficient (Wildman–Crippen LogP) is 1.88. The molecule has 0 radical (unpaired) electrons. The second-order valence-corrected chi connectivity index (χ2v) is 8.16. The second kappa shape index (κ2) is 8.18. The van der Waals surface area contributed by atoms with Crippen LogP contribution in [-0.4, -0.2) is 39.9 Å². The molecule has 0 aliphatic carbocycles. The molecule has 1 atom stereocenters. The van der Waals surface area contributed by atoms with Crippen LogP contribution in [0.5, 0.6) is 5.75 Å². The first kappa shape index (κ1) is 20.7. The molecule has 2 aromatic rings. The number of hydrogen-bond acceptors (Lipinski definition) is 5. The van der Waals surface area contributed by atoms with Crippen LogP contribution in [0.3, 0.4) is 0 Å². The number of amides is 2. The summed E-state index contributed by atoms with van der Waals surface area (Å²) < 4.78 is 45.6. The molecule has 3 rings (SSSR count). The van der Waals surface area contributed by atoms with Gasteiger partial charge in [-0.25, -0.2) is 12.8 Å². The Hall–Kier alpha value is -2.98. The second-order valence-electron chi connectivity index (χ2n) is 6.45. The number of rotatable bonds is 6. The highest BCUT2D eigenvalue weighted by atomic mass is 32.2. The maximum absolute atomic E-state index is 13.0. The standard InChI is InChI=1S/C19H20FN3O5S/c1-3-15(22-29(26,27)14-7-4-12(20)5-8-14)19(25)21-13-6-9-16-17(10-13)28-11-18(24)23(16)2/h4-10,15,22H,3,11H2,1-2H3,(H,21,25). The van der Waals surface area contributed by atoms with Crippen molar-refractivity contribution in [1.82, 2.24) is 4.72 Å². The smallest absolute Gasteiger partial charge is 0.264 e. The van der Waals surface area contributed by atoms with Crippen molar-refractivity contribution < 1.29 is 27.1 Å². The van der Waals surface area contributed by atoms with Crippen LogP contribution in [0.1, 0.15) is 13.3 Å². The van der Waals surface area contributed by atoms with E-state index in [2.05, 4.69) is 10.0 Å². The van der Waals surface area contributed by atoms with Crippen LogP contribution < -0.4 is 19.7 Å². The van der Waals surface area contributed by atoms with Crippen molar-refractivity contribution in [2.75, 3.05) is 23.9 Å². The van der Waals surface area contributed by atoms with Gasteiger partial charge in [0.1, 0.15) is 17.6 Å². The number of sulfonamides is 1. The Morgan fingerprint density at radius 2 is 1.93 bits per heavy atom. The van der Waals surface area contributed by atoms with Crippen molar-refractivity contribution in [3.05, 3.63) is 48.3 Å².